The molecule has 0 spiro atoms. The van der Waals surface area contributed by atoms with Crippen LogP contribution in [-0.2, 0) is 4.74 Å². The number of aromatic nitrogens is 2. The molecule has 2 heterocycles. The molecule has 0 saturated carbocycles. The van der Waals surface area contributed by atoms with Gasteiger partial charge in [-0.1, -0.05) is 18.2 Å². The molecule has 0 saturated heterocycles. The minimum Gasteiger partial charge on any atom is -0.491 e. The third-order valence-corrected chi connectivity index (χ3v) is 5.44. The van der Waals surface area contributed by atoms with Crippen molar-refractivity contribution in [2.24, 2.45) is 0 Å². The lowest BCUT2D eigenvalue weighted by Crippen LogP contribution is -2.03. The number of pyridine rings is 2. The van der Waals surface area contributed by atoms with Gasteiger partial charge in [-0.15, -0.1) is 0 Å². The average molecular weight is 526 g/mol. The monoisotopic (exact) mass is 526 g/mol. The predicted octanol–water partition coefficient (Wildman–Crippen LogP) is 5.29. The number of fused-ring (bicyclic) bond motifs is 1. The number of nitrogens with zero attached hydrogens (tertiary/aromatic N) is 2. The summed E-state index contributed by atoms with van der Waals surface area (Å²) < 4.78 is 11.5. The van der Waals surface area contributed by atoms with Crippen LogP contribution in [0, 0.1) is 3.57 Å². The molecule has 0 bridgehead atoms. The molecule has 4 aromatic rings. The Balaban J connectivity index is 1.61. The van der Waals surface area contributed by atoms with Crippen LogP contribution in [0.4, 0.5) is 0 Å². The maximum absolute atomic E-state index is 11.8. The van der Waals surface area contributed by atoms with Crippen molar-refractivity contribution in [2.75, 3.05) is 20.3 Å². The highest BCUT2D eigenvalue weighted by molar-refractivity contribution is 14.1. The number of rotatable bonds is 7. The van der Waals surface area contributed by atoms with Gasteiger partial charge in [0.2, 0.25) is 0 Å². The van der Waals surface area contributed by atoms with Crippen LogP contribution in [0.1, 0.15) is 10.4 Å². The number of ether oxygens (including phenoxy) is 2. The van der Waals surface area contributed by atoms with Gasteiger partial charge in [0.1, 0.15) is 12.4 Å². The zero-order valence-electron chi connectivity index (χ0n) is 16.7. The lowest BCUT2D eigenvalue weighted by Gasteiger charge is -2.09. The number of carboxylic acid groups (broad SMARTS) is 1. The summed E-state index contributed by atoms with van der Waals surface area (Å²) in [7, 11) is 1.64. The second kappa shape index (κ2) is 9.40. The Bertz CT molecular complexity index is 1230. The summed E-state index contributed by atoms with van der Waals surface area (Å²) in [6, 6.07) is 18.7. The molecule has 1 N–H and O–H groups in total. The second-order valence-corrected chi connectivity index (χ2v) is 8.07. The van der Waals surface area contributed by atoms with Gasteiger partial charge in [0.25, 0.3) is 0 Å². The average Bonchev–Trinajstić information content (AvgIpc) is 2.79. The fourth-order valence-electron chi connectivity index (χ4n) is 3.21. The van der Waals surface area contributed by atoms with E-state index < -0.39 is 5.97 Å². The molecule has 0 atom stereocenters. The van der Waals surface area contributed by atoms with Crippen molar-refractivity contribution in [3.05, 3.63) is 76.0 Å². The van der Waals surface area contributed by atoms with Crippen LogP contribution in [0.3, 0.4) is 0 Å². The van der Waals surface area contributed by atoms with Crippen LogP contribution in [0.25, 0.3) is 33.4 Å². The van der Waals surface area contributed by atoms with Gasteiger partial charge >= 0.3 is 5.97 Å². The van der Waals surface area contributed by atoms with E-state index in [-0.39, 0.29) is 5.56 Å². The molecule has 2 aromatic heterocycles. The van der Waals surface area contributed by atoms with E-state index in [1.54, 1.807) is 19.4 Å². The lowest BCUT2D eigenvalue weighted by atomic mass is 10.0. The number of hydrogen-bond acceptors (Lipinski definition) is 5. The van der Waals surface area contributed by atoms with Crippen molar-refractivity contribution < 1.29 is 19.4 Å². The van der Waals surface area contributed by atoms with Gasteiger partial charge < -0.3 is 14.6 Å². The van der Waals surface area contributed by atoms with Crippen molar-refractivity contribution in [2.45, 2.75) is 0 Å². The summed E-state index contributed by atoms with van der Waals surface area (Å²) in [6.45, 7) is 1.04. The zero-order chi connectivity index (χ0) is 21.8. The largest absolute Gasteiger partial charge is 0.491 e. The summed E-state index contributed by atoms with van der Waals surface area (Å²) in [5.74, 6) is -0.207. The van der Waals surface area contributed by atoms with Gasteiger partial charge in [-0.2, -0.15) is 0 Å². The molecule has 2 aromatic carbocycles. The Morgan fingerprint density at radius 3 is 2.42 bits per heavy atom. The molecule has 7 heteroatoms. The summed E-state index contributed by atoms with van der Waals surface area (Å²) >= 11 is 2.16. The normalized spacial score (nSPS) is 10.9. The first-order valence-electron chi connectivity index (χ1n) is 9.57. The summed E-state index contributed by atoms with van der Waals surface area (Å²) in [5.41, 5.74) is 3.94. The SMILES string of the molecule is COCCOc1ccc(-c2ccc(-c3cc(C(=O)O)c4cc(I)ccc4n3)nc2)cc1. The Hall–Kier alpha value is -3.04. The lowest BCUT2D eigenvalue weighted by molar-refractivity contribution is 0.0699. The van der Waals surface area contributed by atoms with Crippen molar-refractivity contribution in [3.63, 3.8) is 0 Å². The molecule has 0 unspecified atom stereocenters. The van der Waals surface area contributed by atoms with Crippen LogP contribution in [-0.4, -0.2) is 41.4 Å². The van der Waals surface area contributed by atoms with Crippen molar-refractivity contribution in [3.8, 4) is 28.3 Å². The van der Waals surface area contributed by atoms with Crippen molar-refractivity contribution in [1.29, 1.82) is 0 Å². The molecular formula is C24H19IN2O4. The van der Waals surface area contributed by atoms with Crippen molar-refractivity contribution >= 4 is 39.5 Å². The molecule has 31 heavy (non-hydrogen) atoms. The maximum atomic E-state index is 11.8. The van der Waals surface area contributed by atoms with Crippen LogP contribution in [0.5, 0.6) is 5.75 Å². The topological polar surface area (TPSA) is 81.5 Å². The fraction of sp³-hybridized carbons (Fsp3) is 0.125. The van der Waals surface area contributed by atoms with Crippen molar-refractivity contribution in [1.82, 2.24) is 9.97 Å². The van der Waals surface area contributed by atoms with E-state index in [1.165, 1.54) is 0 Å². The molecule has 0 aliphatic heterocycles. The first-order chi connectivity index (χ1) is 15.0. The van der Waals surface area contributed by atoms with Gasteiger partial charge in [-0.05, 0) is 70.6 Å². The van der Waals surface area contributed by atoms with E-state index in [2.05, 4.69) is 32.6 Å². The van der Waals surface area contributed by atoms with E-state index >= 15 is 0 Å². The molecular weight excluding hydrogens is 507 g/mol. The molecule has 0 radical (unpaired) electrons. The summed E-state index contributed by atoms with van der Waals surface area (Å²) in [6.07, 6.45) is 1.76. The standard InChI is InChI=1S/C24H19IN2O4/c1-30-10-11-31-18-6-2-15(3-7-18)16-4-8-22(26-14-16)23-13-20(24(28)29)19-12-17(25)5-9-21(19)27-23/h2-9,12-14H,10-11H2,1H3,(H,28,29). The number of benzene rings is 2. The smallest absolute Gasteiger partial charge is 0.336 e. The Morgan fingerprint density at radius 2 is 1.74 bits per heavy atom. The Kier molecular flexibility index (Phi) is 6.43. The second-order valence-electron chi connectivity index (χ2n) is 6.82. The predicted molar refractivity (Wildman–Crippen MR) is 127 cm³/mol. The number of halogens is 1. The van der Waals surface area contributed by atoms with E-state index in [0.29, 0.717) is 35.5 Å². The Labute approximate surface area is 193 Å². The number of carboxylic acids is 1. The quantitative estimate of drug-likeness (QED) is 0.260. The fourth-order valence-corrected chi connectivity index (χ4v) is 3.70. The molecule has 156 valence electrons. The number of hydrogen-bond donors (Lipinski definition) is 1. The third kappa shape index (κ3) is 4.83. The summed E-state index contributed by atoms with van der Waals surface area (Å²) in [5, 5.41) is 10.3. The minimum atomic E-state index is -0.986. The molecule has 0 fully saturated rings. The van der Waals surface area contributed by atoms with E-state index in [1.807, 2.05) is 54.6 Å². The third-order valence-electron chi connectivity index (χ3n) is 4.77. The highest BCUT2D eigenvalue weighted by Crippen LogP contribution is 2.27. The molecule has 0 amide bonds. The summed E-state index contributed by atoms with van der Waals surface area (Å²) in [4.78, 5) is 20.9. The van der Waals surface area contributed by atoms with Crippen LogP contribution in [0.2, 0.25) is 0 Å². The molecule has 0 aliphatic rings. The van der Waals surface area contributed by atoms with E-state index in [4.69, 9.17) is 9.47 Å². The van der Waals surface area contributed by atoms with Gasteiger partial charge in [0, 0.05) is 27.8 Å². The van der Waals surface area contributed by atoms with E-state index in [9.17, 15) is 9.90 Å². The molecule has 4 rings (SSSR count). The van der Waals surface area contributed by atoms with Crippen LogP contribution >= 0.6 is 22.6 Å². The molecule has 0 aliphatic carbocycles. The van der Waals surface area contributed by atoms with Crippen LogP contribution in [0.15, 0.2) is 66.9 Å². The number of carbonyl (C=O) groups is 1. The van der Waals surface area contributed by atoms with Gasteiger partial charge in [-0.25, -0.2) is 9.78 Å². The Morgan fingerprint density at radius 1 is 0.968 bits per heavy atom. The minimum absolute atomic E-state index is 0.216. The van der Waals surface area contributed by atoms with Gasteiger partial charge in [0.15, 0.2) is 0 Å². The number of methoxy groups -OCH3 is 1. The maximum Gasteiger partial charge on any atom is 0.336 e. The van der Waals surface area contributed by atoms with Gasteiger partial charge in [0.05, 0.1) is 29.1 Å². The first kappa shape index (κ1) is 21.2. The highest BCUT2D eigenvalue weighted by atomic mass is 127. The zero-order valence-corrected chi connectivity index (χ0v) is 18.9. The number of aromatic carboxylic acids is 1. The molecule has 6 nitrogen and oxygen atoms in total. The highest BCUT2D eigenvalue weighted by Gasteiger charge is 2.14. The van der Waals surface area contributed by atoms with E-state index in [0.717, 1.165) is 20.4 Å². The first-order valence-corrected chi connectivity index (χ1v) is 10.7. The van der Waals surface area contributed by atoms with Crippen LogP contribution < -0.4 is 4.74 Å². The van der Waals surface area contributed by atoms with Gasteiger partial charge in [-0.3, -0.25) is 4.98 Å².